The Hall–Kier alpha value is -1.50. The summed E-state index contributed by atoms with van der Waals surface area (Å²) in [5.41, 5.74) is 6.32. The van der Waals surface area contributed by atoms with Gasteiger partial charge in [-0.3, -0.25) is 4.79 Å². The molecule has 0 saturated heterocycles. The molecule has 0 aromatic carbocycles. The molecule has 2 heterocycles. The monoisotopic (exact) mass is 361 g/mol. The topological polar surface area (TPSA) is 94.3 Å². The molecular weight excluding hydrogens is 341 g/mol. The number of halogens is 2. The third-order valence-corrected chi connectivity index (χ3v) is 3.74. The second-order valence-corrected chi connectivity index (χ2v) is 5.42. The minimum Gasteiger partial charge on any atom is -0.459 e. The molecule has 1 aliphatic carbocycles. The van der Waals surface area contributed by atoms with Crippen LogP contribution in [0.4, 0.5) is 0 Å². The van der Waals surface area contributed by atoms with Gasteiger partial charge in [-0.25, -0.2) is 4.98 Å². The van der Waals surface area contributed by atoms with E-state index in [1.807, 2.05) is 0 Å². The number of aromatic nitrogens is 1. The van der Waals surface area contributed by atoms with Crippen molar-refractivity contribution in [3.05, 3.63) is 29.9 Å². The molecule has 3 N–H and O–H groups in total. The molecule has 1 atom stereocenters. The van der Waals surface area contributed by atoms with Gasteiger partial charge in [-0.05, 0) is 37.8 Å². The van der Waals surface area contributed by atoms with Crippen LogP contribution in [0.2, 0.25) is 0 Å². The fraction of sp³-hybridized carbons (Fsp3) is 0.467. The molecule has 1 fully saturated rings. The lowest BCUT2D eigenvalue weighted by molar-refractivity contribution is -0.121. The molecule has 1 saturated carbocycles. The number of hydrogen-bond donors (Lipinski definition) is 2. The number of amides is 1. The van der Waals surface area contributed by atoms with E-state index in [4.69, 9.17) is 14.6 Å². The summed E-state index contributed by atoms with van der Waals surface area (Å²) in [5.74, 6) is 2.06. The van der Waals surface area contributed by atoms with Crippen molar-refractivity contribution < 1.29 is 13.6 Å². The van der Waals surface area contributed by atoms with E-state index in [0.717, 1.165) is 12.8 Å². The smallest absolute Gasteiger partial charge is 0.263 e. The third kappa shape index (κ3) is 4.73. The molecule has 1 aliphatic rings. The number of furan rings is 1. The van der Waals surface area contributed by atoms with Gasteiger partial charge in [-0.2, -0.15) is 0 Å². The van der Waals surface area contributed by atoms with Crippen molar-refractivity contribution in [2.75, 3.05) is 6.54 Å². The second kappa shape index (κ2) is 8.38. The number of nitrogens with zero attached hydrogens (tertiary/aromatic N) is 1. The first-order chi connectivity index (χ1) is 10.2. The molecule has 6 nitrogen and oxygen atoms in total. The molecule has 3 rings (SSSR count). The maximum atomic E-state index is 12.1. The first-order valence-corrected chi connectivity index (χ1v) is 7.17. The zero-order chi connectivity index (χ0) is 14.8. The van der Waals surface area contributed by atoms with Crippen LogP contribution in [0.15, 0.2) is 27.2 Å². The van der Waals surface area contributed by atoms with Crippen LogP contribution in [0.1, 0.15) is 24.3 Å². The lowest BCUT2D eigenvalue weighted by Gasteiger charge is -2.15. The zero-order valence-corrected chi connectivity index (χ0v) is 14.4. The quantitative estimate of drug-likeness (QED) is 0.823. The maximum absolute atomic E-state index is 12.1. The van der Waals surface area contributed by atoms with Gasteiger partial charge in [0.1, 0.15) is 5.76 Å². The number of oxazole rings is 1. The summed E-state index contributed by atoms with van der Waals surface area (Å²) in [6.07, 6.45) is 4.05. The van der Waals surface area contributed by atoms with Crippen molar-refractivity contribution in [1.29, 1.82) is 0 Å². The number of nitrogens with two attached hydrogens (primary N) is 1. The Balaban J connectivity index is 0.00000132. The van der Waals surface area contributed by atoms with Crippen molar-refractivity contribution in [1.82, 2.24) is 10.3 Å². The highest BCUT2D eigenvalue weighted by Gasteiger charge is 2.31. The van der Waals surface area contributed by atoms with Gasteiger partial charge in [0.25, 0.3) is 5.89 Å². The van der Waals surface area contributed by atoms with Gasteiger partial charge in [0.15, 0.2) is 5.76 Å². The van der Waals surface area contributed by atoms with Gasteiger partial charge < -0.3 is 19.9 Å². The van der Waals surface area contributed by atoms with Crippen LogP contribution >= 0.6 is 24.8 Å². The zero-order valence-electron chi connectivity index (χ0n) is 12.8. The van der Waals surface area contributed by atoms with Crippen molar-refractivity contribution in [2.45, 2.75) is 32.2 Å². The third-order valence-electron chi connectivity index (χ3n) is 3.74. The van der Waals surface area contributed by atoms with E-state index in [-0.39, 0.29) is 43.2 Å². The van der Waals surface area contributed by atoms with Crippen LogP contribution < -0.4 is 11.1 Å². The Labute approximate surface area is 147 Å². The number of carbonyl (C=O) groups is 1. The first-order valence-electron chi connectivity index (χ1n) is 7.17. The molecule has 0 radical (unpaired) electrons. The van der Waals surface area contributed by atoms with Gasteiger partial charge >= 0.3 is 0 Å². The Morgan fingerprint density at radius 3 is 2.78 bits per heavy atom. The average molecular weight is 362 g/mol. The Morgan fingerprint density at radius 2 is 2.22 bits per heavy atom. The second-order valence-electron chi connectivity index (χ2n) is 5.42. The number of hydrogen-bond acceptors (Lipinski definition) is 5. The summed E-state index contributed by atoms with van der Waals surface area (Å²) in [5, 5.41) is 2.98. The van der Waals surface area contributed by atoms with E-state index >= 15 is 0 Å². The fourth-order valence-electron chi connectivity index (χ4n) is 2.38. The number of rotatable bonds is 6. The maximum Gasteiger partial charge on any atom is 0.263 e. The van der Waals surface area contributed by atoms with Crippen LogP contribution in [-0.2, 0) is 11.2 Å². The van der Waals surface area contributed by atoms with Crippen molar-refractivity contribution >= 4 is 30.7 Å². The van der Waals surface area contributed by atoms with E-state index in [9.17, 15) is 4.79 Å². The van der Waals surface area contributed by atoms with Crippen LogP contribution in [0.5, 0.6) is 0 Å². The summed E-state index contributed by atoms with van der Waals surface area (Å²) in [4.78, 5) is 16.4. The molecule has 1 amide bonds. The van der Waals surface area contributed by atoms with Crippen molar-refractivity contribution in [3.63, 3.8) is 0 Å². The normalized spacial score (nSPS) is 14.5. The minimum absolute atomic E-state index is 0. The molecule has 2 aromatic rings. The van der Waals surface area contributed by atoms with Crippen LogP contribution in [-0.4, -0.2) is 23.5 Å². The van der Waals surface area contributed by atoms with Gasteiger partial charge in [0, 0.05) is 12.6 Å². The molecule has 0 aliphatic heterocycles. The lowest BCUT2D eigenvalue weighted by atomic mass is 10.1. The molecule has 2 aromatic heterocycles. The highest BCUT2D eigenvalue weighted by molar-refractivity contribution is 5.85. The van der Waals surface area contributed by atoms with Crippen LogP contribution in [0.25, 0.3) is 11.7 Å². The Bertz CT molecular complexity index is 624. The molecule has 128 valence electrons. The van der Waals surface area contributed by atoms with Crippen molar-refractivity contribution in [2.24, 2.45) is 11.7 Å². The largest absolute Gasteiger partial charge is 0.459 e. The molecular formula is C15H21Cl2N3O3. The molecule has 0 bridgehead atoms. The summed E-state index contributed by atoms with van der Waals surface area (Å²) in [6.45, 7) is 2.27. The highest BCUT2D eigenvalue weighted by atomic mass is 35.5. The van der Waals surface area contributed by atoms with Gasteiger partial charge in [-0.15, -0.1) is 24.8 Å². The molecule has 0 spiro atoms. The molecule has 23 heavy (non-hydrogen) atoms. The highest BCUT2D eigenvalue weighted by Crippen LogP contribution is 2.32. The van der Waals surface area contributed by atoms with Gasteiger partial charge in [0.05, 0.1) is 18.4 Å². The average Bonchev–Trinajstić information content (AvgIpc) is 3.03. The summed E-state index contributed by atoms with van der Waals surface area (Å²) in [6, 6.07) is 3.62. The SMILES string of the molecule is Cc1oc(-c2ccco2)nc1CC(=O)NC(CN)C1CC1.Cl.Cl. The standard InChI is InChI=1S/C15H19N3O3.2ClH/c1-9-11(18-15(21-9)13-3-2-6-20-13)7-14(19)17-12(8-16)10-4-5-10;;/h2-3,6,10,12H,4-5,7-8,16H2,1H3,(H,17,19);2*1H. The number of aryl methyl sites for hydroxylation is 1. The number of carbonyl (C=O) groups excluding carboxylic acids is 1. The van der Waals surface area contributed by atoms with E-state index in [2.05, 4.69) is 10.3 Å². The molecule has 8 heteroatoms. The lowest BCUT2D eigenvalue weighted by Crippen LogP contribution is -2.42. The Kier molecular flexibility index (Phi) is 7.12. The van der Waals surface area contributed by atoms with Crippen molar-refractivity contribution in [3.8, 4) is 11.7 Å². The van der Waals surface area contributed by atoms with E-state index in [1.165, 1.54) is 0 Å². The van der Waals surface area contributed by atoms with Crippen LogP contribution in [0.3, 0.4) is 0 Å². The first kappa shape index (κ1) is 19.5. The van der Waals surface area contributed by atoms with E-state index < -0.39 is 0 Å². The fourth-order valence-corrected chi connectivity index (χ4v) is 2.38. The predicted molar refractivity (Wildman–Crippen MR) is 90.9 cm³/mol. The van der Waals surface area contributed by atoms with Gasteiger partial charge in [-0.1, -0.05) is 0 Å². The van der Waals surface area contributed by atoms with E-state index in [0.29, 0.717) is 35.6 Å². The predicted octanol–water partition coefficient (Wildman–Crippen LogP) is 2.48. The summed E-state index contributed by atoms with van der Waals surface area (Å²) in [7, 11) is 0. The van der Waals surface area contributed by atoms with Gasteiger partial charge in [0.2, 0.25) is 5.91 Å². The minimum atomic E-state index is -0.0697. The van der Waals surface area contributed by atoms with E-state index in [1.54, 1.807) is 25.3 Å². The van der Waals surface area contributed by atoms with Crippen LogP contribution in [0, 0.1) is 12.8 Å². The summed E-state index contributed by atoms with van der Waals surface area (Å²) >= 11 is 0. The number of nitrogens with one attached hydrogen (secondary N) is 1. The molecule has 1 unspecified atom stereocenters. The Morgan fingerprint density at radius 1 is 1.48 bits per heavy atom. The summed E-state index contributed by atoms with van der Waals surface area (Å²) < 4.78 is 10.8.